The lowest BCUT2D eigenvalue weighted by atomic mass is 10.1. The first-order chi connectivity index (χ1) is 10.8. The van der Waals surface area contributed by atoms with Crippen LogP contribution in [0.1, 0.15) is 0 Å². The molecule has 2 aromatic rings. The molecule has 6 heteroatoms. The van der Waals surface area contributed by atoms with Crippen molar-refractivity contribution in [3.8, 4) is 5.69 Å². The van der Waals surface area contributed by atoms with Crippen molar-refractivity contribution in [1.82, 2.24) is 19.8 Å². The van der Waals surface area contributed by atoms with Gasteiger partial charge in [-0.1, -0.05) is 18.2 Å². The highest BCUT2D eigenvalue weighted by molar-refractivity contribution is 5.97. The van der Waals surface area contributed by atoms with Crippen molar-refractivity contribution in [2.75, 3.05) is 37.6 Å². The number of hydrogen-bond donors (Lipinski definition) is 1. The van der Waals surface area contributed by atoms with Gasteiger partial charge in [-0.2, -0.15) is 0 Å². The molecule has 0 spiro atoms. The maximum atomic E-state index is 12.7. The first-order valence-corrected chi connectivity index (χ1v) is 7.68. The molecule has 0 unspecified atom stereocenters. The number of aromatic nitrogens is 2. The maximum Gasteiger partial charge on any atom is 0.246 e. The number of fused-ring (bicyclic) bond motifs is 1. The average Bonchev–Trinajstić information content (AvgIpc) is 3.06. The highest BCUT2D eigenvalue weighted by Crippen LogP contribution is 2.20. The Morgan fingerprint density at radius 3 is 2.86 bits per heavy atom. The summed E-state index contributed by atoms with van der Waals surface area (Å²) in [5, 5.41) is 3.30. The largest absolute Gasteiger partial charge is 0.313 e. The molecule has 22 heavy (non-hydrogen) atoms. The number of nitrogens with one attached hydrogen (secondary N) is 1. The number of nitrogens with zero attached hydrogens (tertiary/aromatic N) is 4. The van der Waals surface area contributed by atoms with Gasteiger partial charge in [0.25, 0.3) is 0 Å². The third-order valence-corrected chi connectivity index (χ3v) is 4.42. The van der Waals surface area contributed by atoms with E-state index in [-0.39, 0.29) is 11.9 Å². The second kappa shape index (κ2) is 5.55. The SMILES string of the molecule is O=C1[C@H]2CNCCN2CCN1c1cn(-c2ccccc2)cn1. The number of anilines is 1. The van der Waals surface area contributed by atoms with E-state index in [0.29, 0.717) is 6.54 Å². The summed E-state index contributed by atoms with van der Waals surface area (Å²) in [6, 6.07) is 9.97. The highest BCUT2D eigenvalue weighted by atomic mass is 16.2. The number of imidazole rings is 1. The third kappa shape index (κ3) is 2.30. The summed E-state index contributed by atoms with van der Waals surface area (Å²) in [5.41, 5.74) is 1.05. The summed E-state index contributed by atoms with van der Waals surface area (Å²) in [4.78, 5) is 21.2. The normalized spacial score (nSPS) is 22.6. The Hall–Kier alpha value is -2.18. The van der Waals surface area contributed by atoms with Crippen LogP contribution < -0.4 is 10.2 Å². The highest BCUT2D eigenvalue weighted by Gasteiger charge is 2.37. The average molecular weight is 297 g/mol. The van der Waals surface area contributed by atoms with Gasteiger partial charge in [-0.15, -0.1) is 0 Å². The zero-order valence-electron chi connectivity index (χ0n) is 12.4. The van der Waals surface area contributed by atoms with E-state index in [9.17, 15) is 4.79 Å². The van der Waals surface area contributed by atoms with Gasteiger partial charge in [-0.25, -0.2) is 4.98 Å². The molecule has 1 atom stereocenters. The molecule has 0 radical (unpaired) electrons. The Bertz CT molecular complexity index is 668. The molecule has 1 N–H and O–H groups in total. The molecule has 6 nitrogen and oxygen atoms in total. The number of rotatable bonds is 2. The van der Waals surface area contributed by atoms with Crippen molar-refractivity contribution < 1.29 is 4.79 Å². The fraction of sp³-hybridized carbons (Fsp3) is 0.375. The van der Waals surface area contributed by atoms with E-state index in [4.69, 9.17) is 0 Å². The Balaban J connectivity index is 1.57. The smallest absolute Gasteiger partial charge is 0.246 e. The number of amides is 1. The number of carbonyl (C=O) groups is 1. The van der Waals surface area contributed by atoms with E-state index < -0.39 is 0 Å². The van der Waals surface area contributed by atoms with Gasteiger partial charge in [-0.05, 0) is 12.1 Å². The van der Waals surface area contributed by atoms with Crippen LogP contribution in [0.2, 0.25) is 0 Å². The number of hydrogen-bond acceptors (Lipinski definition) is 4. The molecule has 3 heterocycles. The monoisotopic (exact) mass is 297 g/mol. The fourth-order valence-electron chi connectivity index (χ4n) is 3.20. The van der Waals surface area contributed by atoms with Crippen molar-refractivity contribution in [2.24, 2.45) is 0 Å². The van der Waals surface area contributed by atoms with E-state index in [1.54, 1.807) is 6.33 Å². The van der Waals surface area contributed by atoms with Gasteiger partial charge in [0.05, 0.1) is 6.20 Å². The first-order valence-electron chi connectivity index (χ1n) is 7.68. The molecule has 114 valence electrons. The molecule has 2 aliphatic heterocycles. The third-order valence-electron chi connectivity index (χ3n) is 4.42. The minimum atomic E-state index is -0.0515. The van der Waals surface area contributed by atoms with Gasteiger partial charge >= 0.3 is 0 Å². The number of piperazine rings is 2. The quantitative estimate of drug-likeness (QED) is 0.877. The van der Waals surface area contributed by atoms with E-state index in [0.717, 1.165) is 37.7 Å². The van der Waals surface area contributed by atoms with Crippen LogP contribution in [0.5, 0.6) is 0 Å². The minimum absolute atomic E-state index is 0.0515. The molecule has 2 saturated heterocycles. The lowest BCUT2D eigenvalue weighted by molar-refractivity contribution is -0.126. The number of benzene rings is 1. The summed E-state index contributed by atoms with van der Waals surface area (Å²) in [5.74, 6) is 0.885. The zero-order valence-corrected chi connectivity index (χ0v) is 12.4. The summed E-state index contributed by atoms with van der Waals surface area (Å²) < 4.78 is 1.95. The minimum Gasteiger partial charge on any atom is -0.313 e. The van der Waals surface area contributed by atoms with E-state index in [1.807, 2.05) is 46.0 Å². The molecular weight excluding hydrogens is 278 g/mol. The van der Waals surface area contributed by atoms with E-state index in [1.165, 1.54) is 0 Å². The van der Waals surface area contributed by atoms with Crippen LogP contribution in [0.4, 0.5) is 5.82 Å². The van der Waals surface area contributed by atoms with Crippen LogP contribution in [0.25, 0.3) is 5.69 Å². The Labute approximate surface area is 129 Å². The second-order valence-electron chi connectivity index (χ2n) is 5.72. The standard InChI is InChI=1S/C16H19N5O/c22-16-14-10-17-6-7-19(14)8-9-21(16)15-11-20(12-18-15)13-4-2-1-3-5-13/h1-5,11-12,14,17H,6-10H2/t14-/m1/s1. The summed E-state index contributed by atoms with van der Waals surface area (Å²) >= 11 is 0. The summed E-state index contributed by atoms with van der Waals surface area (Å²) in [7, 11) is 0. The van der Waals surface area contributed by atoms with Crippen molar-refractivity contribution in [3.63, 3.8) is 0 Å². The Morgan fingerprint density at radius 1 is 1.14 bits per heavy atom. The molecular formula is C16H19N5O. The predicted molar refractivity (Wildman–Crippen MR) is 84.1 cm³/mol. The Kier molecular flexibility index (Phi) is 3.40. The van der Waals surface area contributed by atoms with Gasteiger partial charge in [-0.3, -0.25) is 14.6 Å². The van der Waals surface area contributed by atoms with Crippen LogP contribution in [-0.2, 0) is 4.79 Å². The summed E-state index contributed by atoms with van der Waals surface area (Å²) in [6.45, 7) is 4.27. The number of para-hydroxylation sites is 1. The maximum absolute atomic E-state index is 12.7. The van der Waals surface area contributed by atoms with Crippen LogP contribution in [0, 0.1) is 0 Å². The van der Waals surface area contributed by atoms with Gasteiger partial charge in [0.1, 0.15) is 12.4 Å². The molecule has 0 bridgehead atoms. The molecule has 4 rings (SSSR count). The fourth-order valence-corrected chi connectivity index (χ4v) is 3.20. The van der Waals surface area contributed by atoms with E-state index in [2.05, 4.69) is 15.2 Å². The molecule has 0 aliphatic carbocycles. The van der Waals surface area contributed by atoms with Gasteiger partial charge in [0, 0.05) is 38.4 Å². The molecule has 2 aliphatic rings. The van der Waals surface area contributed by atoms with Crippen molar-refractivity contribution in [1.29, 1.82) is 0 Å². The lowest BCUT2D eigenvalue weighted by Crippen LogP contribution is -2.64. The van der Waals surface area contributed by atoms with Gasteiger partial charge in [0.15, 0.2) is 5.82 Å². The van der Waals surface area contributed by atoms with Crippen LogP contribution >= 0.6 is 0 Å². The van der Waals surface area contributed by atoms with Crippen LogP contribution in [0.3, 0.4) is 0 Å². The van der Waals surface area contributed by atoms with E-state index >= 15 is 0 Å². The van der Waals surface area contributed by atoms with Crippen LogP contribution in [0.15, 0.2) is 42.9 Å². The zero-order chi connectivity index (χ0) is 14.9. The van der Waals surface area contributed by atoms with Crippen molar-refractivity contribution in [2.45, 2.75) is 6.04 Å². The molecule has 1 aromatic carbocycles. The lowest BCUT2D eigenvalue weighted by Gasteiger charge is -2.42. The molecule has 1 amide bonds. The Morgan fingerprint density at radius 2 is 2.00 bits per heavy atom. The van der Waals surface area contributed by atoms with Crippen LogP contribution in [-0.4, -0.2) is 59.1 Å². The topological polar surface area (TPSA) is 53.4 Å². The molecule has 2 fully saturated rings. The van der Waals surface area contributed by atoms with Gasteiger partial charge < -0.3 is 9.88 Å². The first kappa shape index (κ1) is 13.5. The van der Waals surface area contributed by atoms with Crippen molar-refractivity contribution >= 4 is 11.7 Å². The number of carbonyl (C=O) groups excluding carboxylic acids is 1. The van der Waals surface area contributed by atoms with Crippen molar-refractivity contribution in [3.05, 3.63) is 42.9 Å². The molecule has 1 aromatic heterocycles. The summed E-state index contributed by atoms with van der Waals surface area (Å²) in [6.07, 6.45) is 3.70. The molecule has 0 saturated carbocycles. The predicted octanol–water partition coefficient (Wildman–Crippen LogP) is 0.493. The van der Waals surface area contributed by atoms with Gasteiger partial charge in [0.2, 0.25) is 5.91 Å². The second-order valence-corrected chi connectivity index (χ2v) is 5.72.